The van der Waals surface area contributed by atoms with Gasteiger partial charge >= 0.3 is 5.97 Å². The molecule has 0 aliphatic heterocycles. The van der Waals surface area contributed by atoms with Gasteiger partial charge in [0, 0.05) is 11.3 Å². The minimum Gasteiger partial charge on any atom is -0.494 e. The highest BCUT2D eigenvalue weighted by Crippen LogP contribution is 2.40. The van der Waals surface area contributed by atoms with Crippen LogP contribution in [-0.4, -0.2) is 30.2 Å². The van der Waals surface area contributed by atoms with E-state index in [9.17, 15) is 9.59 Å². The Kier molecular flexibility index (Phi) is 8.64. The molecule has 1 atom stereocenters. The number of anilines is 1. The number of rotatable bonds is 8. The molecule has 0 saturated heterocycles. The second-order valence-corrected chi connectivity index (χ2v) is 9.56. The minimum absolute atomic E-state index is 0.187. The van der Waals surface area contributed by atoms with Crippen LogP contribution < -0.4 is 15.4 Å². The smallest absolute Gasteiger partial charge is 0.341 e. The second-order valence-electron chi connectivity index (χ2n) is 8.04. The van der Waals surface area contributed by atoms with Crippen molar-refractivity contribution < 1.29 is 19.1 Å². The summed E-state index contributed by atoms with van der Waals surface area (Å²) < 4.78 is 10.9. The maximum atomic E-state index is 12.6. The Morgan fingerprint density at radius 3 is 2.72 bits per heavy atom. The Labute approximate surface area is 198 Å². The highest BCUT2D eigenvalue weighted by molar-refractivity contribution is 7.80. The van der Waals surface area contributed by atoms with Crippen LogP contribution in [0.5, 0.6) is 5.75 Å². The van der Waals surface area contributed by atoms with Gasteiger partial charge in [0.15, 0.2) is 5.11 Å². The van der Waals surface area contributed by atoms with Crippen molar-refractivity contribution in [2.45, 2.75) is 52.9 Å². The van der Waals surface area contributed by atoms with Crippen LogP contribution in [-0.2, 0) is 22.4 Å². The highest BCUT2D eigenvalue weighted by atomic mass is 32.1. The van der Waals surface area contributed by atoms with Crippen molar-refractivity contribution in [3.8, 4) is 5.75 Å². The van der Waals surface area contributed by atoms with Gasteiger partial charge in [-0.15, -0.1) is 11.3 Å². The van der Waals surface area contributed by atoms with Crippen LogP contribution in [0, 0.1) is 12.8 Å². The molecule has 1 aromatic carbocycles. The molecular formula is C24H30N2O4S2. The zero-order chi connectivity index (χ0) is 23.1. The van der Waals surface area contributed by atoms with Gasteiger partial charge in [-0.2, -0.15) is 0 Å². The number of benzene rings is 1. The number of hydrogen-bond acceptors (Lipinski definition) is 6. The van der Waals surface area contributed by atoms with Crippen molar-refractivity contribution in [1.82, 2.24) is 5.32 Å². The zero-order valence-electron chi connectivity index (χ0n) is 18.8. The van der Waals surface area contributed by atoms with Crippen molar-refractivity contribution in [3.63, 3.8) is 0 Å². The summed E-state index contributed by atoms with van der Waals surface area (Å²) in [7, 11) is 0. The first-order valence-electron chi connectivity index (χ1n) is 11.0. The summed E-state index contributed by atoms with van der Waals surface area (Å²) in [6.45, 7) is 6.78. The second kappa shape index (κ2) is 11.4. The van der Waals surface area contributed by atoms with Gasteiger partial charge in [-0.3, -0.25) is 4.79 Å². The van der Waals surface area contributed by atoms with E-state index in [-0.39, 0.29) is 23.4 Å². The van der Waals surface area contributed by atoms with Crippen LogP contribution in [0.4, 0.5) is 5.00 Å². The van der Waals surface area contributed by atoms with E-state index in [1.54, 1.807) is 6.92 Å². The molecule has 1 aliphatic rings. The molecule has 0 fully saturated rings. The molecule has 1 unspecified atom stereocenters. The van der Waals surface area contributed by atoms with Crippen molar-refractivity contribution in [1.29, 1.82) is 0 Å². The Bertz CT molecular complexity index is 969. The van der Waals surface area contributed by atoms with Crippen molar-refractivity contribution in [2.24, 2.45) is 5.92 Å². The number of thiocarbonyl (C=S) groups is 1. The topological polar surface area (TPSA) is 76.7 Å². The van der Waals surface area contributed by atoms with Gasteiger partial charge < -0.3 is 20.1 Å². The molecule has 1 aliphatic carbocycles. The van der Waals surface area contributed by atoms with E-state index in [0.29, 0.717) is 36.1 Å². The summed E-state index contributed by atoms with van der Waals surface area (Å²) in [4.78, 5) is 26.1. The van der Waals surface area contributed by atoms with Crippen molar-refractivity contribution >= 4 is 45.5 Å². The third kappa shape index (κ3) is 6.53. The molecule has 0 spiro atoms. The molecule has 6 nitrogen and oxygen atoms in total. The first-order valence-corrected chi connectivity index (χ1v) is 12.2. The molecule has 2 N–H and O–H groups in total. The average molecular weight is 475 g/mol. The molecule has 172 valence electrons. The summed E-state index contributed by atoms with van der Waals surface area (Å²) in [6.07, 6.45) is 3.69. The number of nitrogens with one attached hydrogen (secondary N) is 2. The van der Waals surface area contributed by atoms with Gasteiger partial charge in [0.1, 0.15) is 10.8 Å². The molecule has 1 aromatic heterocycles. The number of esters is 1. The number of thiophene rings is 1. The fraction of sp³-hybridized carbons (Fsp3) is 0.458. The average Bonchev–Trinajstić information content (AvgIpc) is 3.09. The van der Waals surface area contributed by atoms with Gasteiger partial charge in [0.25, 0.3) is 0 Å². The number of amides is 1. The van der Waals surface area contributed by atoms with Gasteiger partial charge in [-0.05, 0) is 75.4 Å². The summed E-state index contributed by atoms with van der Waals surface area (Å²) in [5.74, 6) is 0.834. The van der Waals surface area contributed by atoms with Gasteiger partial charge in [0.05, 0.1) is 18.8 Å². The predicted octanol–water partition coefficient (Wildman–Crippen LogP) is 5.03. The molecule has 1 heterocycles. The number of hydrogen-bond donors (Lipinski definition) is 2. The third-order valence-electron chi connectivity index (χ3n) is 5.31. The molecule has 0 saturated carbocycles. The van der Waals surface area contributed by atoms with E-state index in [0.717, 1.165) is 30.6 Å². The maximum absolute atomic E-state index is 12.6. The minimum atomic E-state index is -0.343. The van der Waals surface area contributed by atoms with Crippen LogP contribution in [0.25, 0.3) is 0 Å². The lowest BCUT2D eigenvalue weighted by atomic mass is 9.88. The summed E-state index contributed by atoms with van der Waals surface area (Å²) in [5, 5.41) is 6.60. The van der Waals surface area contributed by atoms with E-state index in [2.05, 4.69) is 17.6 Å². The fourth-order valence-corrected chi connectivity index (χ4v) is 5.32. The molecule has 1 amide bonds. The molecule has 0 radical (unpaired) electrons. The lowest BCUT2D eigenvalue weighted by Gasteiger charge is -2.18. The van der Waals surface area contributed by atoms with Crippen LogP contribution in [0.15, 0.2) is 24.3 Å². The number of carbonyl (C=O) groups is 2. The fourth-order valence-electron chi connectivity index (χ4n) is 3.64. The number of ether oxygens (including phenoxy) is 2. The SMILES string of the molecule is CCOC(=O)c1c(NC(=S)NC(=O)CCCOc2ccc(C)cc2)sc2c1CCC(C)C2. The van der Waals surface area contributed by atoms with Crippen LogP contribution in [0.3, 0.4) is 0 Å². The van der Waals surface area contributed by atoms with Gasteiger partial charge in [0.2, 0.25) is 5.91 Å². The summed E-state index contributed by atoms with van der Waals surface area (Å²) >= 11 is 6.86. The Hall–Kier alpha value is -2.45. The monoisotopic (exact) mass is 474 g/mol. The van der Waals surface area contributed by atoms with E-state index < -0.39 is 0 Å². The van der Waals surface area contributed by atoms with Gasteiger partial charge in [-0.1, -0.05) is 24.6 Å². The third-order valence-corrected chi connectivity index (χ3v) is 6.68. The van der Waals surface area contributed by atoms with E-state index in [1.807, 2.05) is 31.2 Å². The molecular weight excluding hydrogens is 444 g/mol. The van der Waals surface area contributed by atoms with E-state index in [1.165, 1.54) is 21.8 Å². The van der Waals surface area contributed by atoms with Crippen molar-refractivity contribution in [2.75, 3.05) is 18.5 Å². The Balaban J connectivity index is 1.53. The van der Waals surface area contributed by atoms with Crippen LogP contribution in [0.1, 0.15) is 59.5 Å². The van der Waals surface area contributed by atoms with E-state index in [4.69, 9.17) is 21.7 Å². The first kappa shape index (κ1) is 24.2. The number of aryl methyl sites for hydroxylation is 1. The van der Waals surface area contributed by atoms with E-state index >= 15 is 0 Å². The summed E-state index contributed by atoms with van der Waals surface area (Å²) in [5.41, 5.74) is 2.78. The predicted molar refractivity (Wildman–Crippen MR) is 132 cm³/mol. The number of carbonyl (C=O) groups excluding carboxylic acids is 2. The van der Waals surface area contributed by atoms with Crippen LogP contribution >= 0.6 is 23.6 Å². The van der Waals surface area contributed by atoms with Crippen molar-refractivity contribution in [3.05, 3.63) is 45.8 Å². The number of fused-ring (bicyclic) bond motifs is 1. The molecule has 3 rings (SSSR count). The highest BCUT2D eigenvalue weighted by Gasteiger charge is 2.28. The Morgan fingerprint density at radius 2 is 2.00 bits per heavy atom. The first-order chi connectivity index (χ1) is 15.4. The molecule has 2 aromatic rings. The maximum Gasteiger partial charge on any atom is 0.341 e. The summed E-state index contributed by atoms with van der Waals surface area (Å²) in [6, 6.07) is 7.80. The zero-order valence-corrected chi connectivity index (χ0v) is 20.4. The standard InChI is InChI=1S/C24H30N2O4S2/c1-4-29-23(28)21-18-12-9-16(3)14-19(18)32-22(21)26-24(31)25-20(27)6-5-13-30-17-10-7-15(2)8-11-17/h7-8,10-11,16H,4-6,9,12-14H2,1-3H3,(H2,25,26,27,31). The van der Waals surface area contributed by atoms with Gasteiger partial charge in [-0.25, -0.2) is 4.79 Å². The molecule has 8 heteroatoms. The lowest BCUT2D eigenvalue weighted by Crippen LogP contribution is -2.34. The largest absolute Gasteiger partial charge is 0.494 e. The Morgan fingerprint density at radius 1 is 1.25 bits per heavy atom. The quantitative estimate of drug-likeness (QED) is 0.317. The normalized spacial score (nSPS) is 14.9. The lowest BCUT2D eigenvalue weighted by molar-refractivity contribution is -0.119. The molecule has 0 bridgehead atoms. The molecule has 32 heavy (non-hydrogen) atoms. The van der Waals surface area contributed by atoms with Crippen LogP contribution in [0.2, 0.25) is 0 Å².